The molecule has 2 aliphatic rings. The number of H-pyrrole nitrogens is 1. The van der Waals surface area contributed by atoms with Gasteiger partial charge in [0.25, 0.3) is 5.91 Å². The topological polar surface area (TPSA) is 73.0 Å². The highest BCUT2D eigenvalue weighted by molar-refractivity contribution is 6.06. The SMILES string of the molecule is CNC(=O)c1cnc2[nH]ccc2c1NC1CC2CCC(C1)N2Cc1ccccc1. The molecule has 0 aliphatic carbocycles. The minimum Gasteiger partial charge on any atom is -0.381 e. The third kappa shape index (κ3) is 3.38. The van der Waals surface area contributed by atoms with Gasteiger partial charge in [-0.3, -0.25) is 9.69 Å². The number of benzene rings is 1. The van der Waals surface area contributed by atoms with Crippen LogP contribution in [0, 0.1) is 0 Å². The van der Waals surface area contributed by atoms with Crippen LogP contribution in [0.3, 0.4) is 0 Å². The van der Waals surface area contributed by atoms with Crippen molar-refractivity contribution in [3.63, 3.8) is 0 Å². The Morgan fingerprint density at radius 2 is 1.93 bits per heavy atom. The standard InChI is InChI=1S/C23H27N5O/c1-24-23(29)20-13-26-22-19(9-10-25-22)21(20)27-16-11-17-7-8-18(12-16)28(17)14-15-5-3-2-4-6-15/h2-6,9-10,13,16-18H,7-8,11-12,14H2,1H3,(H,24,29)(H2,25,26,27). The second-order valence-electron chi connectivity index (χ2n) is 8.22. The molecular weight excluding hydrogens is 362 g/mol. The number of aromatic amines is 1. The van der Waals surface area contributed by atoms with Crippen LogP contribution in [0.4, 0.5) is 5.69 Å². The maximum absolute atomic E-state index is 12.4. The molecule has 0 spiro atoms. The zero-order chi connectivity index (χ0) is 19.8. The number of nitrogens with zero attached hydrogens (tertiary/aromatic N) is 2. The number of piperidine rings is 1. The number of hydrogen-bond acceptors (Lipinski definition) is 4. The molecule has 6 nitrogen and oxygen atoms in total. The molecule has 1 amide bonds. The molecular formula is C23H27N5O. The lowest BCUT2D eigenvalue weighted by molar-refractivity contribution is 0.0963. The maximum atomic E-state index is 12.4. The first-order chi connectivity index (χ1) is 14.2. The first-order valence-corrected chi connectivity index (χ1v) is 10.5. The molecule has 2 bridgehead atoms. The Hall–Kier alpha value is -2.86. The molecule has 2 aliphatic heterocycles. The average molecular weight is 390 g/mol. The molecule has 2 unspecified atom stereocenters. The predicted octanol–water partition coefficient (Wildman–Crippen LogP) is 3.53. The van der Waals surface area contributed by atoms with Crippen molar-refractivity contribution < 1.29 is 4.79 Å². The van der Waals surface area contributed by atoms with Crippen molar-refractivity contribution in [2.24, 2.45) is 0 Å². The Labute approximate surface area is 170 Å². The minimum atomic E-state index is -0.104. The van der Waals surface area contributed by atoms with Crippen LogP contribution in [0.5, 0.6) is 0 Å². The van der Waals surface area contributed by atoms with E-state index in [4.69, 9.17) is 0 Å². The van der Waals surface area contributed by atoms with E-state index < -0.39 is 0 Å². The molecule has 3 aromatic rings. The van der Waals surface area contributed by atoms with Gasteiger partial charge in [-0.1, -0.05) is 30.3 Å². The van der Waals surface area contributed by atoms with E-state index in [2.05, 4.69) is 55.8 Å². The second kappa shape index (κ2) is 7.52. The number of fused-ring (bicyclic) bond motifs is 3. The van der Waals surface area contributed by atoms with Crippen molar-refractivity contribution >= 4 is 22.6 Å². The molecule has 2 saturated heterocycles. The minimum absolute atomic E-state index is 0.104. The molecule has 5 rings (SSSR count). The Morgan fingerprint density at radius 1 is 1.17 bits per heavy atom. The molecule has 3 N–H and O–H groups in total. The summed E-state index contributed by atoms with van der Waals surface area (Å²) in [4.78, 5) is 22.7. The Morgan fingerprint density at radius 3 is 2.66 bits per heavy atom. The Kier molecular flexibility index (Phi) is 4.72. The third-order valence-electron chi connectivity index (χ3n) is 6.50. The van der Waals surface area contributed by atoms with E-state index in [9.17, 15) is 4.79 Å². The lowest BCUT2D eigenvalue weighted by Gasteiger charge is -2.39. The molecule has 150 valence electrons. The first kappa shape index (κ1) is 18.2. The van der Waals surface area contributed by atoms with Crippen LogP contribution >= 0.6 is 0 Å². The van der Waals surface area contributed by atoms with Crippen molar-refractivity contribution in [3.8, 4) is 0 Å². The molecule has 1 aromatic carbocycles. The van der Waals surface area contributed by atoms with Crippen LogP contribution in [-0.2, 0) is 6.54 Å². The van der Waals surface area contributed by atoms with Crippen LogP contribution in [0.15, 0.2) is 48.8 Å². The molecule has 0 radical (unpaired) electrons. The van der Waals surface area contributed by atoms with Gasteiger partial charge in [-0.2, -0.15) is 0 Å². The van der Waals surface area contributed by atoms with Gasteiger partial charge in [0.1, 0.15) is 5.65 Å². The van der Waals surface area contributed by atoms with E-state index in [0.29, 0.717) is 23.7 Å². The van der Waals surface area contributed by atoms with E-state index >= 15 is 0 Å². The van der Waals surface area contributed by atoms with Gasteiger partial charge < -0.3 is 15.6 Å². The van der Waals surface area contributed by atoms with Gasteiger partial charge in [-0.15, -0.1) is 0 Å². The number of carbonyl (C=O) groups is 1. The molecule has 2 fully saturated rings. The monoisotopic (exact) mass is 389 g/mol. The van der Waals surface area contributed by atoms with Crippen molar-refractivity contribution in [1.29, 1.82) is 0 Å². The fraction of sp³-hybridized carbons (Fsp3) is 0.391. The molecule has 6 heteroatoms. The second-order valence-corrected chi connectivity index (χ2v) is 8.22. The van der Waals surface area contributed by atoms with Crippen molar-refractivity contribution in [2.75, 3.05) is 12.4 Å². The summed E-state index contributed by atoms with van der Waals surface area (Å²) in [6.07, 6.45) is 8.26. The lowest BCUT2D eigenvalue weighted by atomic mass is 9.95. The molecule has 0 saturated carbocycles. The number of pyridine rings is 1. The van der Waals surface area contributed by atoms with Crippen molar-refractivity contribution in [2.45, 2.75) is 50.4 Å². The van der Waals surface area contributed by atoms with Crippen molar-refractivity contribution in [1.82, 2.24) is 20.2 Å². The zero-order valence-electron chi connectivity index (χ0n) is 16.7. The van der Waals surface area contributed by atoms with E-state index in [1.54, 1.807) is 13.2 Å². The zero-order valence-corrected chi connectivity index (χ0v) is 16.7. The van der Waals surface area contributed by atoms with E-state index in [1.807, 2.05) is 12.3 Å². The average Bonchev–Trinajstić information content (AvgIpc) is 3.31. The van der Waals surface area contributed by atoms with Crippen LogP contribution in [-0.4, -0.2) is 45.9 Å². The van der Waals surface area contributed by atoms with E-state index in [0.717, 1.165) is 36.1 Å². The van der Waals surface area contributed by atoms with Gasteiger partial charge in [-0.05, 0) is 37.3 Å². The van der Waals surface area contributed by atoms with Gasteiger partial charge in [0, 0.05) is 49.5 Å². The largest absolute Gasteiger partial charge is 0.381 e. The number of aromatic nitrogens is 2. The Balaban J connectivity index is 1.37. The fourth-order valence-corrected chi connectivity index (χ4v) is 5.12. The summed E-state index contributed by atoms with van der Waals surface area (Å²) in [5.41, 5.74) is 3.71. The molecule has 4 heterocycles. The summed E-state index contributed by atoms with van der Waals surface area (Å²) < 4.78 is 0. The normalized spacial score (nSPS) is 24.0. The van der Waals surface area contributed by atoms with Crippen LogP contribution in [0.2, 0.25) is 0 Å². The summed E-state index contributed by atoms with van der Waals surface area (Å²) in [5, 5.41) is 7.45. The van der Waals surface area contributed by atoms with E-state index in [1.165, 1.54) is 18.4 Å². The summed E-state index contributed by atoms with van der Waals surface area (Å²) in [6.45, 7) is 1.03. The third-order valence-corrected chi connectivity index (χ3v) is 6.50. The quantitative estimate of drug-likeness (QED) is 0.624. The van der Waals surface area contributed by atoms with Gasteiger partial charge >= 0.3 is 0 Å². The number of carbonyl (C=O) groups excluding carboxylic acids is 1. The van der Waals surface area contributed by atoms with Crippen LogP contribution in [0.1, 0.15) is 41.6 Å². The Bertz CT molecular complexity index is 1000. The fourth-order valence-electron chi connectivity index (χ4n) is 5.12. The molecule has 2 aromatic heterocycles. The predicted molar refractivity (Wildman–Crippen MR) is 115 cm³/mol. The lowest BCUT2D eigenvalue weighted by Crippen LogP contribution is -2.46. The number of rotatable bonds is 5. The van der Waals surface area contributed by atoms with E-state index in [-0.39, 0.29) is 5.91 Å². The maximum Gasteiger partial charge on any atom is 0.254 e. The highest BCUT2D eigenvalue weighted by atomic mass is 16.1. The number of hydrogen-bond donors (Lipinski definition) is 3. The van der Waals surface area contributed by atoms with Gasteiger partial charge in [0.2, 0.25) is 0 Å². The molecule has 2 atom stereocenters. The molecule has 29 heavy (non-hydrogen) atoms. The van der Waals surface area contributed by atoms with Crippen LogP contribution < -0.4 is 10.6 Å². The first-order valence-electron chi connectivity index (χ1n) is 10.5. The van der Waals surface area contributed by atoms with Gasteiger partial charge in [0.15, 0.2) is 0 Å². The summed E-state index contributed by atoms with van der Waals surface area (Å²) >= 11 is 0. The number of amides is 1. The summed E-state index contributed by atoms with van der Waals surface area (Å²) in [6, 6.07) is 14.3. The number of nitrogens with one attached hydrogen (secondary N) is 3. The highest BCUT2D eigenvalue weighted by Gasteiger charge is 2.40. The van der Waals surface area contributed by atoms with Crippen molar-refractivity contribution in [3.05, 3.63) is 59.9 Å². The number of anilines is 1. The smallest absolute Gasteiger partial charge is 0.254 e. The summed E-state index contributed by atoms with van der Waals surface area (Å²) in [7, 11) is 1.66. The summed E-state index contributed by atoms with van der Waals surface area (Å²) in [5.74, 6) is -0.104. The van der Waals surface area contributed by atoms with Gasteiger partial charge in [-0.25, -0.2) is 4.98 Å². The van der Waals surface area contributed by atoms with Gasteiger partial charge in [0.05, 0.1) is 11.3 Å². The highest BCUT2D eigenvalue weighted by Crippen LogP contribution is 2.39. The van der Waals surface area contributed by atoms with Crippen LogP contribution in [0.25, 0.3) is 11.0 Å².